The Balaban J connectivity index is 1.89. The van der Waals surface area contributed by atoms with Crippen LogP contribution in [-0.4, -0.2) is 34.3 Å². The first-order chi connectivity index (χ1) is 10.4. The van der Waals surface area contributed by atoms with Gasteiger partial charge in [-0.15, -0.1) is 0 Å². The molecular formula is C14H11Br2NO5. The molecule has 1 fully saturated rings. The number of rotatable bonds is 3. The standard InChI is InChI=1S/C14H11Br2NO5/c15-9-10(16)12-8(14(20)21)7(11(9)22-12)13(19)17-5-3-1-2-4-6(5)18/h1-4,7-8,11-12,18H,(H,17,19)(H,20,21)/t7-,8-,11-,12-/m1/s1. The number of para-hydroxylation sites is 2. The second-order valence-corrected chi connectivity index (χ2v) is 6.78. The number of anilines is 1. The molecule has 6 nitrogen and oxygen atoms in total. The van der Waals surface area contributed by atoms with Crippen molar-refractivity contribution in [2.75, 3.05) is 5.32 Å². The van der Waals surface area contributed by atoms with E-state index in [2.05, 4.69) is 37.2 Å². The number of hydrogen-bond donors (Lipinski definition) is 3. The number of nitrogens with one attached hydrogen (secondary N) is 1. The molecular weight excluding hydrogens is 422 g/mol. The van der Waals surface area contributed by atoms with Gasteiger partial charge < -0.3 is 20.3 Å². The molecule has 2 heterocycles. The number of ether oxygens (including phenoxy) is 1. The molecule has 1 aromatic carbocycles. The highest BCUT2D eigenvalue weighted by Crippen LogP contribution is 2.51. The van der Waals surface area contributed by atoms with Crippen molar-refractivity contribution in [3.8, 4) is 5.75 Å². The Morgan fingerprint density at radius 1 is 1.09 bits per heavy atom. The highest BCUT2D eigenvalue weighted by molar-refractivity contribution is 9.14. The van der Waals surface area contributed by atoms with E-state index < -0.39 is 35.9 Å². The number of phenols is 1. The van der Waals surface area contributed by atoms with Gasteiger partial charge in [0, 0.05) is 8.96 Å². The summed E-state index contributed by atoms with van der Waals surface area (Å²) in [7, 11) is 0. The van der Waals surface area contributed by atoms with Crippen molar-refractivity contribution in [3.05, 3.63) is 33.2 Å². The second-order valence-electron chi connectivity index (χ2n) is 5.07. The SMILES string of the molecule is O=C(O)[C@@H]1[C@@H](C(=O)Nc2ccccc2O)[C@H]2O[C@H]1C(Br)=C2Br. The lowest BCUT2D eigenvalue weighted by molar-refractivity contribution is -0.146. The number of benzene rings is 1. The van der Waals surface area contributed by atoms with Crippen LogP contribution in [0, 0.1) is 11.8 Å². The van der Waals surface area contributed by atoms with Gasteiger partial charge in [-0.3, -0.25) is 9.59 Å². The highest BCUT2D eigenvalue weighted by Gasteiger charge is 2.58. The molecule has 0 spiro atoms. The normalized spacial score (nSPS) is 29.7. The molecule has 3 N–H and O–H groups in total. The van der Waals surface area contributed by atoms with Crippen LogP contribution in [0.2, 0.25) is 0 Å². The van der Waals surface area contributed by atoms with Gasteiger partial charge in [-0.1, -0.05) is 44.0 Å². The number of hydrogen-bond acceptors (Lipinski definition) is 4. The zero-order valence-electron chi connectivity index (χ0n) is 11.0. The van der Waals surface area contributed by atoms with Gasteiger partial charge in [0.15, 0.2) is 0 Å². The van der Waals surface area contributed by atoms with Crippen LogP contribution in [-0.2, 0) is 14.3 Å². The van der Waals surface area contributed by atoms with Gasteiger partial charge >= 0.3 is 5.97 Å². The highest BCUT2D eigenvalue weighted by atomic mass is 79.9. The maximum absolute atomic E-state index is 12.5. The first kappa shape index (κ1) is 15.5. The second kappa shape index (κ2) is 5.68. The molecule has 0 aliphatic carbocycles. The van der Waals surface area contributed by atoms with Crippen LogP contribution in [0.3, 0.4) is 0 Å². The molecule has 22 heavy (non-hydrogen) atoms. The van der Waals surface area contributed by atoms with Crippen molar-refractivity contribution in [2.45, 2.75) is 12.2 Å². The fourth-order valence-electron chi connectivity index (χ4n) is 2.79. The third-order valence-corrected chi connectivity index (χ3v) is 6.10. The number of carbonyl (C=O) groups excluding carboxylic acids is 1. The van der Waals surface area contributed by atoms with E-state index in [0.29, 0.717) is 8.96 Å². The predicted molar refractivity (Wildman–Crippen MR) is 84.9 cm³/mol. The Bertz CT molecular complexity index is 690. The Morgan fingerprint density at radius 2 is 1.68 bits per heavy atom. The van der Waals surface area contributed by atoms with Crippen molar-refractivity contribution in [1.82, 2.24) is 0 Å². The number of fused-ring (bicyclic) bond motifs is 2. The maximum atomic E-state index is 12.5. The minimum absolute atomic E-state index is 0.0809. The first-order valence-corrected chi connectivity index (χ1v) is 8.02. The molecule has 2 bridgehead atoms. The van der Waals surface area contributed by atoms with Gasteiger partial charge in [0.25, 0.3) is 0 Å². The van der Waals surface area contributed by atoms with Crippen LogP contribution in [0.1, 0.15) is 0 Å². The number of carboxylic acids is 1. The Morgan fingerprint density at radius 3 is 2.27 bits per heavy atom. The summed E-state index contributed by atoms with van der Waals surface area (Å²) < 4.78 is 6.87. The van der Waals surface area contributed by atoms with Gasteiger partial charge in [0.1, 0.15) is 23.9 Å². The minimum Gasteiger partial charge on any atom is -0.506 e. The first-order valence-electron chi connectivity index (χ1n) is 6.44. The lowest BCUT2D eigenvalue weighted by Crippen LogP contribution is -2.40. The molecule has 0 saturated carbocycles. The molecule has 8 heteroatoms. The molecule has 1 saturated heterocycles. The number of amides is 1. The molecule has 4 atom stereocenters. The quantitative estimate of drug-likeness (QED) is 0.637. The number of aliphatic carboxylic acids is 1. The number of phenolic OH excluding ortho intramolecular Hbond substituents is 1. The van der Waals surface area contributed by atoms with E-state index >= 15 is 0 Å². The lowest BCUT2D eigenvalue weighted by Gasteiger charge is -2.24. The fourth-order valence-corrected chi connectivity index (χ4v) is 4.03. The predicted octanol–water partition coefficient (Wildman–Crippen LogP) is 2.43. The van der Waals surface area contributed by atoms with Crippen LogP contribution in [0.15, 0.2) is 33.2 Å². The fraction of sp³-hybridized carbons (Fsp3) is 0.286. The van der Waals surface area contributed by atoms with Crippen molar-refractivity contribution in [3.63, 3.8) is 0 Å². The lowest BCUT2D eigenvalue weighted by atomic mass is 9.82. The summed E-state index contributed by atoms with van der Waals surface area (Å²) in [4.78, 5) is 24.0. The third-order valence-electron chi connectivity index (χ3n) is 3.81. The van der Waals surface area contributed by atoms with Crippen LogP contribution >= 0.6 is 31.9 Å². The molecule has 2 aliphatic rings. The van der Waals surface area contributed by atoms with E-state index in [9.17, 15) is 19.8 Å². The summed E-state index contributed by atoms with van der Waals surface area (Å²) in [6.45, 7) is 0. The molecule has 0 unspecified atom stereocenters. The number of halogens is 2. The molecule has 2 aliphatic heterocycles. The van der Waals surface area contributed by atoms with E-state index in [1.807, 2.05) is 0 Å². The summed E-state index contributed by atoms with van der Waals surface area (Å²) in [6.07, 6.45) is -1.33. The number of carboxylic acid groups (broad SMARTS) is 1. The van der Waals surface area contributed by atoms with E-state index in [0.717, 1.165) is 0 Å². The number of carbonyl (C=O) groups is 2. The minimum atomic E-state index is -1.10. The number of aromatic hydroxyl groups is 1. The van der Waals surface area contributed by atoms with E-state index in [-0.39, 0.29) is 11.4 Å². The molecule has 1 amide bonds. The average molecular weight is 433 g/mol. The van der Waals surface area contributed by atoms with Gasteiger partial charge in [0.2, 0.25) is 5.91 Å². The maximum Gasteiger partial charge on any atom is 0.310 e. The largest absolute Gasteiger partial charge is 0.506 e. The van der Waals surface area contributed by atoms with Gasteiger partial charge in [-0.2, -0.15) is 0 Å². The molecule has 0 aromatic heterocycles. The van der Waals surface area contributed by atoms with Crippen LogP contribution in [0.25, 0.3) is 0 Å². The van der Waals surface area contributed by atoms with E-state index in [1.165, 1.54) is 12.1 Å². The van der Waals surface area contributed by atoms with E-state index in [1.54, 1.807) is 12.1 Å². The van der Waals surface area contributed by atoms with Crippen LogP contribution in [0.5, 0.6) is 5.75 Å². The monoisotopic (exact) mass is 431 g/mol. The van der Waals surface area contributed by atoms with Crippen molar-refractivity contribution < 1.29 is 24.5 Å². The Labute approximate surface area is 142 Å². The van der Waals surface area contributed by atoms with Crippen LogP contribution < -0.4 is 5.32 Å². The summed E-state index contributed by atoms with van der Waals surface area (Å²) >= 11 is 6.63. The zero-order chi connectivity index (χ0) is 16.0. The van der Waals surface area contributed by atoms with Crippen molar-refractivity contribution >= 4 is 49.4 Å². The summed E-state index contributed by atoms with van der Waals surface area (Å²) in [5.41, 5.74) is 0.235. The van der Waals surface area contributed by atoms with E-state index in [4.69, 9.17) is 4.74 Å². The van der Waals surface area contributed by atoms with Crippen molar-refractivity contribution in [1.29, 1.82) is 0 Å². The third kappa shape index (κ3) is 2.35. The van der Waals surface area contributed by atoms with Crippen molar-refractivity contribution in [2.24, 2.45) is 11.8 Å². The molecule has 3 rings (SSSR count). The summed E-state index contributed by atoms with van der Waals surface area (Å²) in [6, 6.07) is 6.27. The zero-order valence-corrected chi connectivity index (χ0v) is 14.2. The van der Waals surface area contributed by atoms with Gasteiger partial charge in [0.05, 0.1) is 11.6 Å². The molecule has 1 aromatic rings. The smallest absolute Gasteiger partial charge is 0.310 e. The summed E-state index contributed by atoms with van der Waals surface area (Å²) in [5.74, 6) is -3.54. The molecule has 0 radical (unpaired) electrons. The molecule has 116 valence electrons. The summed E-state index contributed by atoms with van der Waals surface area (Å²) in [5, 5.41) is 21.7. The van der Waals surface area contributed by atoms with Crippen LogP contribution in [0.4, 0.5) is 5.69 Å². The Hall–Kier alpha value is -1.38. The topological polar surface area (TPSA) is 95.9 Å². The Kier molecular flexibility index (Phi) is 4.00. The van der Waals surface area contributed by atoms with Gasteiger partial charge in [-0.25, -0.2) is 0 Å². The van der Waals surface area contributed by atoms with Gasteiger partial charge in [-0.05, 0) is 12.1 Å². The average Bonchev–Trinajstić information content (AvgIpc) is 2.99.